The second kappa shape index (κ2) is 4.39. The minimum atomic E-state index is 0.0773. The number of carbonyl (C=O) groups is 1. The van der Waals surface area contributed by atoms with Crippen LogP contribution in [0.4, 0.5) is 0 Å². The van der Waals surface area contributed by atoms with Crippen LogP contribution >= 0.6 is 0 Å². The number of hydrogen-bond acceptors (Lipinski definition) is 4. The third-order valence-electron chi connectivity index (χ3n) is 2.74. The zero-order chi connectivity index (χ0) is 10.7. The standard InChI is InChI=1S/C9H15N5O/c10-6-8-2-1-4-14(8)9(15)7-13-5-3-11-12-13/h3,5,8H,1-2,4,6-7,10H2. The summed E-state index contributed by atoms with van der Waals surface area (Å²) in [7, 11) is 0. The zero-order valence-electron chi connectivity index (χ0n) is 8.54. The summed E-state index contributed by atoms with van der Waals surface area (Å²) in [5.74, 6) is 0.0773. The first-order chi connectivity index (χ1) is 7.31. The number of hydrogen-bond donors (Lipinski definition) is 1. The summed E-state index contributed by atoms with van der Waals surface area (Å²) in [4.78, 5) is 13.7. The maximum atomic E-state index is 11.9. The fourth-order valence-corrected chi connectivity index (χ4v) is 1.96. The van der Waals surface area contributed by atoms with Crippen molar-refractivity contribution in [2.75, 3.05) is 13.1 Å². The number of carbonyl (C=O) groups excluding carboxylic acids is 1. The molecule has 1 atom stereocenters. The predicted octanol–water partition coefficient (Wildman–Crippen LogP) is -0.772. The highest BCUT2D eigenvalue weighted by molar-refractivity contribution is 5.76. The summed E-state index contributed by atoms with van der Waals surface area (Å²) in [5.41, 5.74) is 5.61. The Bertz CT molecular complexity index is 323. The monoisotopic (exact) mass is 209 g/mol. The molecule has 1 fully saturated rings. The van der Waals surface area contributed by atoms with Crippen molar-refractivity contribution in [2.24, 2.45) is 5.73 Å². The molecule has 0 radical (unpaired) electrons. The maximum absolute atomic E-state index is 11.9. The molecule has 15 heavy (non-hydrogen) atoms. The lowest BCUT2D eigenvalue weighted by Crippen LogP contribution is -2.41. The molecular formula is C9H15N5O. The van der Waals surface area contributed by atoms with Gasteiger partial charge in [0.15, 0.2) is 0 Å². The molecule has 0 aromatic carbocycles. The lowest BCUT2D eigenvalue weighted by Gasteiger charge is -2.23. The van der Waals surface area contributed by atoms with Gasteiger partial charge in [-0.15, -0.1) is 5.10 Å². The minimum Gasteiger partial charge on any atom is -0.337 e. The van der Waals surface area contributed by atoms with Crippen molar-refractivity contribution in [2.45, 2.75) is 25.4 Å². The van der Waals surface area contributed by atoms with Crippen LogP contribution in [0.25, 0.3) is 0 Å². The predicted molar refractivity (Wildman–Crippen MR) is 53.8 cm³/mol. The van der Waals surface area contributed by atoms with E-state index in [2.05, 4.69) is 10.3 Å². The first kappa shape index (κ1) is 10.1. The van der Waals surface area contributed by atoms with Gasteiger partial charge in [0.1, 0.15) is 6.54 Å². The van der Waals surface area contributed by atoms with Gasteiger partial charge in [0.2, 0.25) is 5.91 Å². The summed E-state index contributed by atoms with van der Waals surface area (Å²) in [6.07, 6.45) is 5.31. The van der Waals surface area contributed by atoms with Gasteiger partial charge in [0.25, 0.3) is 0 Å². The number of amides is 1. The van der Waals surface area contributed by atoms with Crippen molar-refractivity contribution in [3.05, 3.63) is 12.4 Å². The van der Waals surface area contributed by atoms with Crippen LogP contribution in [0.3, 0.4) is 0 Å². The minimum absolute atomic E-state index is 0.0773. The van der Waals surface area contributed by atoms with Gasteiger partial charge >= 0.3 is 0 Å². The highest BCUT2D eigenvalue weighted by Gasteiger charge is 2.27. The van der Waals surface area contributed by atoms with Crippen molar-refractivity contribution >= 4 is 5.91 Å². The Labute approximate surface area is 88.0 Å². The van der Waals surface area contributed by atoms with E-state index in [1.165, 1.54) is 4.68 Å². The second-order valence-corrected chi connectivity index (χ2v) is 3.72. The Kier molecular flexibility index (Phi) is 2.96. The van der Waals surface area contributed by atoms with Crippen LogP contribution in [0.5, 0.6) is 0 Å². The van der Waals surface area contributed by atoms with E-state index in [0.29, 0.717) is 6.54 Å². The molecule has 1 aliphatic rings. The smallest absolute Gasteiger partial charge is 0.244 e. The molecule has 1 amide bonds. The first-order valence-corrected chi connectivity index (χ1v) is 5.15. The number of rotatable bonds is 3. The van der Waals surface area contributed by atoms with Crippen LogP contribution in [0.15, 0.2) is 12.4 Å². The van der Waals surface area contributed by atoms with Gasteiger partial charge in [-0.05, 0) is 12.8 Å². The van der Waals surface area contributed by atoms with Crippen LogP contribution < -0.4 is 5.73 Å². The van der Waals surface area contributed by atoms with Crippen molar-refractivity contribution in [3.63, 3.8) is 0 Å². The first-order valence-electron chi connectivity index (χ1n) is 5.15. The van der Waals surface area contributed by atoms with Crippen LogP contribution in [0.1, 0.15) is 12.8 Å². The molecule has 1 aromatic heterocycles. The molecule has 1 aromatic rings. The topological polar surface area (TPSA) is 77.0 Å². The number of likely N-dealkylation sites (tertiary alicyclic amines) is 1. The van der Waals surface area contributed by atoms with E-state index in [1.54, 1.807) is 12.4 Å². The Balaban J connectivity index is 1.96. The molecule has 6 heteroatoms. The fraction of sp³-hybridized carbons (Fsp3) is 0.667. The molecule has 0 aliphatic carbocycles. The van der Waals surface area contributed by atoms with E-state index < -0.39 is 0 Å². The van der Waals surface area contributed by atoms with Gasteiger partial charge in [0, 0.05) is 25.3 Å². The molecule has 0 spiro atoms. The average molecular weight is 209 g/mol. The SMILES string of the molecule is NCC1CCCN1C(=O)Cn1ccnn1. The van der Waals surface area contributed by atoms with E-state index in [0.717, 1.165) is 19.4 Å². The Hall–Kier alpha value is -1.43. The van der Waals surface area contributed by atoms with Gasteiger partial charge < -0.3 is 10.6 Å². The van der Waals surface area contributed by atoms with Crippen LogP contribution in [-0.4, -0.2) is 44.9 Å². The van der Waals surface area contributed by atoms with Crippen LogP contribution in [0.2, 0.25) is 0 Å². The summed E-state index contributed by atoms with van der Waals surface area (Å²) in [6, 6.07) is 0.209. The average Bonchev–Trinajstić information content (AvgIpc) is 2.86. The van der Waals surface area contributed by atoms with Gasteiger partial charge in [-0.2, -0.15) is 0 Å². The molecular weight excluding hydrogens is 194 g/mol. The quantitative estimate of drug-likeness (QED) is 0.709. The third-order valence-corrected chi connectivity index (χ3v) is 2.74. The van der Waals surface area contributed by atoms with E-state index in [9.17, 15) is 4.79 Å². The molecule has 2 N–H and O–H groups in total. The molecule has 0 saturated carbocycles. The third kappa shape index (κ3) is 2.15. The molecule has 1 aliphatic heterocycles. The normalized spacial score (nSPS) is 20.9. The summed E-state index contributed by atoms with van der Waals surface area (Å²) >= 11 is 0. The van der Waals surface area contributed by atoms with Gasteiger partial charge in [-0.1, -0.05) is 5.21 Å². The van der Waals surface area contributed by atoms with Crippen LogP contribution in [0, 0.1) is 0 Å². The molecule has 0 bridgehead atoms. The molecule has 6 nitrogen and oxygen atoms in total. The molecule has 82 valence electrons. The maximum Gasteiger partial charge on any atom is 0.244 e. The van der Waals surface area contributed by atoms with Crippen molar-refractivity contribution in [1.82, 2.24) is 19.9 Å². The van der Waals surface area contributed by atoms with Crippen molar-refractivity contribution in [1.29, 1.82) is 0 Å². The molecule has 2 rings (SSSR count). The van der Waals surface area contributed by atoms with Crippen molar-refractivity contribution in [3.8, 4) is 0 Å². The van der Waals surface area contributed by atoms with Crippen molar-refractivity contribution < 1.29 is 4.79 Å². The van der Waals surface area contributed by atoms with E-state index in [1.807, 2.05) is 4.90 Å². The zero-order valence-corrected chi connectivity index (χ0v) is 8.54. The largest absolute Gasteiger partial charge is 0.337 e. The highest BCUT2D eigenvalue weighted by Crippen LogP contribution is 2.16. The summed E-state index contributed by atoms with van der Waals surface area (Å²) < 4.78 is 1.54. The number of nitrogens with two attached hydrogens (primary N) is 1. The lowest BCUT2D eigenvalue weighted by molar-refractivity contribution is -0.132. The molecule has 1 unspecified atom stereocenters. The highest BCUT2D eigenvalue weighted by atomic mass is 16.2. The Morgan fingerprint density at radius 1 is 1.60 bits per heavy atom. The van der Waals surface area contributed by atoms with Crippen LogP contribution in [-0.2, 0) is 11.3 Å². The molecule has 1 saturated heterocycles. The van der Waals surface area contributed by atoms with Gasteiger partial charge in [-0.3, -0.25) is 4.79 Å². The lowest BCUT2D eigenvalue weighted by atomic mass is 10.2. The van der Waals surface area contributed by atoms with E-state index in [-0.39, 0.29) is 18.5 Å². The fourth-order valence-electron chi connectivity index (χ4n) is 1.96. The second-order valence-electron chi connectivity index (χ2n) is 3.72. The van der Waals surface area contributed by atoms with E-state index >= 15 is 0 Å². The van der Waals surface area contributed by atoms with Gasteiger partial charge in [0.05, 0.1) is 6.20 Å². The molecule has 2 heterocycles. The Morgan fingerprint density at radius 2 is 2.47 bits per heavy atom. The summed E-state index contributed by atoms with van der Waals surface area (Å²) in [5, 5.41) is 7.42. The van der Waals surface area contributed by atoms with E-state index in [4.69, 9.17) is 5.73 Å². The number of aromatic nitrogens is 3. The Morgan fingerprint density at radius 3 is 3.13 bits per heavy atom. The summed E-state index contributed by atoms with van der Waals surface area (Å²) in [6.45, 7) is 1.62. The number of nitrogens with zero attached hydrogens (tertiary/aromatic N) is 4. The van der Waals surface area contributed by atoms with Gasteiger partial charge in [-0.25, -0.2) is 4.68 Å².